The van der Waals surface area contributed by atoms with Crippen LogP contribution in [0.25, 0.3) is 11.4 Å². The summed E-state index contributed by atoms with van der Waals surface area (Å²) in [6, 6.07) is 8.61. The van der Waals surface area contributed by atoms with E-state index in [2.05, 4.69) is 64.7 Å². The van der Waals surface area contributed by atoms with Crippen molar-refractivity contribution in [1.82, 2.24) is 14.8 Å². The van der Waals surface area contributed by atoms with Crippen molar-refractivity contribution in [3.63, 3.8) is 0 Å². The van der Waals surface area contributed by atoms with Gasteiger partial charge in [-0.1, -0.05) is 11.8 Å². The molecule has 2 aromatic rings. The van der Waals surface area contributed by atoms with Crippen LogP contribution in [0.4, 0.5) is 5.69 Å². The highest BCUT2D eigenvalue weighted by Gasteiger charge is 2.13. The van der Waals surface area contributed by atoms with Gasteiger partial charge in [0.05, 0.1) is 6.61 Å². The van der Waals surface area contributed by atoms with E-state index in [1.54, 1.807) is 11.8 Å². The van der Waals surface area contributed by atoms with Gasteiger partial charge in [-0.3, -0.25) is 0 Å². The van der Waals surface area contributed by atoms with E-state index in [1.807, 2.05) is 6.92 Å². The summed E-state index contributed by atoms with van der Waals surface area (Å²) in [7, 11) is 0. The van der Waals surface area contributed by atoms with Gasteiger partial charge in [-0.05, 0) is 52.0 Å². The van der Waals surface area contributed by atoms with Crippen LogP contribution >= 0.6 is 11.8 Å². The van der Waals surface area contributed by atoms with Crippen LogP contribution in [-0.2, 0) is 11.3 Å². The Bertz CT molecular complexity index is 608. The van der Waals surface area contributed by atoms with Gasteiger partial charge >= 0.3 is 0 Å². The lowest BCUT2D eigenvalue weighted by Crippen LogP contribution is -2.21. The van der Waals surface area contributed by atoms with Gasteiger partial charge in [-0.25, -0.2) is 0 Å². The van der Waals surface area contributed by atoms with Gasteiger partial charge < -0.3 is 14.2 Å². The lowest BCUT2D eigenvalue weighted by molar-refractivity contribution is 0.164. The molecule has 132 valence electrons. The van der Waals surface area contributed by atoms with Crippen LogP contribution in [-0.4, -0.2) is 46.8 Å². The molecule has 0 atom stereocenters. The summed E-state index contributed by atoms with van der Waals surface area (Å²) in [5.41, 5.74) is 2.36. The fourth-order valence-electron chi connectivity index (χ4n) is 2.64. The number of benzene rings is 1. The van der Waals surface area contributed by atoms with Gasteiger partial charge in [-0.15, -0.1) is 10.2 Å². The Morgan fingerprint density at radius 3 is 2.33 bits per heavy atom. The second-order valence-corrected chi connectivity index (χ2v) is 6.38. The molecule has 5 nitrogen and oxygen atoms in total. The lowest BCUT2D eigenvalue weighted by atomic mass is 10.2. The summed E-state index contributed by atoms with van der Waals surface area (Å²) in [6.45, 7) is 12.9. The van der Waals surface area contributed by atoms with E-state index in [1.165, 1.54) is 5.69 Å². The molecule has 0 N–H and O–H groups in total. The Balaban J connectivity index is 2.15. The first kappa shape index (κ1) is 18.8. The van der Waals surface area contributed by atoms with Crippen molar-refractivity contribution < 1.29 is 4.74 Å². The second-order valence-electron chi connectivity index (χ2n) is 5.31. The lowest BCUT2D eigenvalue weighted by Gasteiger charge is -2.21. The Morgan fingerprint density at radius 2 is 1.75 bits per heavy atom. The van der Waals surface area contributed by atoms with Crippen LogP contribution in [0, 0.1) is 0 Å². The molecule has 6 heteroatoms. The maximum atomic E-state index is 5.39. The van der Waals surface area contributed by atoms with Crippen molar-refractivity contribution in [3.05, 3.63) is 24.3 Å². The molecule has 2 rings (SSSR count). The highest BCUT2D eigenvalue weighted by molar-refractivity contribution is 7.99. The van der Waals surface area contributed by atoms with Gasteiger partial charge in [0.25, 0.3) is 0 Å². The number of thioether (sulfide) groups is 1. The molecule has 0 amide bonds. The van der Waals surface area contributed by atoms with E-state index < -0.39 is 0 Å². The zero-order valence-corrected chi connectivity index (χ0v) is 16.0. The van der Waals surface area contributed by atoms with Crippen molar-refractivity contribution in [2.45, 2.75) is 39.4 Å². The molecule has 0 saturated heterocycles. The standard InChI is InChI=1S/C18H28N4OS/c1-5-21(6-2)16-11-9-15(10-12-16)17-19-20-18(22(17)7-3)24-14-13-23-8-4/h9-12H,5-8,13-14H2,1-4H3. The van der Waals surface area contributed by atoms with Crippen molar-refractivity contribution in [2.24, 2.45) is 0 Å². The molecule has 0 fully saturated rings. The molecule has 0 radical (unpaired) electrons. The van der Waals surface area contributed by atoms with Crippen molar-refractivity contribution >= 4 is 17.4 Å². The number of hydrogen-bond donors (Lipinski definition) is 0. The van der Waals surface area contributed by atoms with E-state index in [-0.39, 0.29) is 0 Å². The molecule has 1 aromatic carbocycles. The topological polar surface area (TPSA) is 43.2 Å². The van der Waals surface area contributed by atoms with E-state index in [4.69, 9.17) is 4.74 Å². The fraction of sp³-hybridized carbons (Fsp3) is 0.556. The van der Waals surface area contributed by atoms with Gasteiger partial charge in [0.15, 0.2) is 11.0 Å². The predicted molar refractivity (Wildman–Crippen MR) is 102 cm³/mol. The molecule has 0 unspecified atom stereocenters. The van der Waals surface area contributed by atoms with Crippen LogP contribution in [0.15, 0.2) is 29.4 Å². The first-order chi connectivity index (χ1) is 11.7. The molecule has 0 saturated carbocycles. The van der Waals surface area contributed by atoms with Crippen LogP contribution in [0.5, 0.6) is 0 Å². The maximum absolute atomic E-state index is 5.39. The molecule has 0 aliphatic rings. The molecule has 1 heterocycles. The minimum atomic E-state index is 0.742. The number of hydrogen-bond acceptors (Lipinski definition) is 5. The summed E-state index contributed by atoms with van der Waals surface area (Å²) in [5, 5.41) is 9.73. The van der Waals surface area contributed by atoms with E-state index >= 15 is 0 Å². The zero-order valence-electron chi connectivity index (χ0n) is 15.2. The monoisotopic (exact) mass is 348 g/mol. The molecule has 1 aromatic heterocycles. The third kappa shape index (κ3) is 4.51. The van der Waals surface area contributed by atoms with E-state index in [9.17, 15) is 0 Å². The Kier molecular flexibility index (Phi) is 7.59. The minimum absolute atomic E-state index is 0.742. The molecule has 24 heavy (non-hydrogen) atoms. The number of ether oxygens (including phenoxy) is 1. The smallest absolute Gasteiger partial charge is 0.191 e. The third-order valence-corrected chi connectivity index (χ3v) is 4.88. The maximum Gasteiger partial charge on any atom is 0.191 e. The molecule has 0 spiro atoms. The molecule has 0 aliphatic carbocycles. The molecule has 0 aliphatic heterocycles. The van der Waals surface area contributed by atoms with E-state index in [0.717, 1.165) is 55.1 Å². The van der Waals surface area contributed by atoms with Crippen LogP contribution in [0.2, 0.25) is 0 Å². The summed E-state index contributed by atoms with van der Waals surface area (Å²) >= 11 is 1.70. The zero-order chi connectivity index (χ0) is 17.4. The highest BCUT2D eigenvalue weighted by Crippen LogP contribution is 2.26. The van der Waals surface area contributed by atoms with Gasteiger partial charge in [0, 0.05) is 43.2 Å². The van der Waals surface area contributed by atoms with Crippen LogP contribution in [0.3, 0.4) is 0 Å². The average Bonchev–Trinajstić information content (AvgIpc) is 3.03. The van der Waals surface area contributed by atoms with Crippen molar-refractivity contribution in [3.8, 4) is 11.4 Å². The van der Waals surface area contributed by atoms with Crippen molar-refractivity contribution in [1.29, 1.82) is 0 Å². The van der Waals surface area contributed by atoms with Gasteiger partial charge in [0.1, 0.15) is 0 Å². The highest BCUT2D eigenvalue weighted by atomic mass is 32.2. The summed E-state index contributed by atoms with van der Waals surface area (Å²) in [5.74, 6) is 1.83. The molecule has 0 bridgehead atoms. The Hall–Kier alpha value is -1.53. The Labute approximate surface area is 149 Å². The second kappa shape index (κ2) is 9.69. The molecular weight excluding hydrogens is 320 g/mol. The van der Waals surface area contributed by atoms with Crippen molar-refractivity contribution in [2.75, 3.05) is 37.0 Å². The minimum Gasteiger partial charge on any atom is -0.381 e. The number of anilines is 1. The SMILES string of the molecule is CCOCCSc1nnc(-c2ccc(N(CC)CC)cc2)n1CC. The Morgan fingerprint density at radius 1 is 1.04 bits per heavy atom. The van der Waals surface area contributed by atoms with Crippen LogP contribution < -0.4 is 4.90 Å². The molecular formula is C18H28N4OS. The van der Waals surface area contributed by atoms with Gasteiger partial charge in [0.2, 0.25) is 0 Å². The summed E-state index contributed by atoms with van der Waals surface area (Å²) in [6.07, 6.45) is 0. The van der Waals surface area contributed by atoms with E-state index in [0.29, 0.717) is 0 Å². The van der Waals surface area contributed by atoms with Crippen LogP contribution in [0.1, 0.15) is 27.7 Å². The largest absolute Gasteiger partial charge is 0.381 e. The normalized spacial score (nSPS) is 11.0. The third-order valence-electron chi connectivity index (χ3n) is 3.95. The predicted octanol–water partition coefficient (Wildman–Crippen LogP) is 3.94. The first-order valence-electron chi connectivity index (χ1n) is 8.74. The fourth-order valence-corrected chi connectivity index (χ4v) is 3.49. The summed E-state index contributed by atoms with van der Waals surface area (Å²) < 4.78 is 7.56. The first-order valence-corrected chi connectivity index (χ1v) is 9.72. The quantitative estimate of drug-likeness (QED) is 0.481. The van der Waals surface area contributed by atoms with Gasteiger partial charge in [-0.2, -0.15) is 0 Å². The number of aromatic nitrogens is 3. The number of nitrogens with zero attached hydrogens (tertiary/aromatic N) is 4. The number of rotatable bonds is 10. The average molecular weight is 349 g/mol. The summed E-state index contributed by atoms with van der Waals surface area (Å²) in [4.78, 5) is 2.34.